The monoisotopic (exact) mass is 306 g/mol. The number of aliphatic hydroxyl groups is 1. The van der Waals surface area contributed by atoms with Gasteiger partial charge in [0.1, 0.15) is 11.9 Å². The lowest BCUT2D eigenvalue weighted by molar-refractivity contribution is 0.0346. The van der Waals surface area contributed by atoms with Gasteiger partial charge in [0.05, 0.1) is 12.7 Å². The Morgan fingerprint density at radius 1 is 1.27 bits per heavy atom. The smallest absolute Gasteiger partial charge is 0.338 e. The number of carbonyl (C=O) groups is 1. The molecule has 0 bridgehead atoms. The fraction of sp³-hybridized carbons (Fsp3) is 0.500. The average Bonchev–Trinajstić information content (AvgIpc) is 2.49. The highest BCUT2D eigenvalue weighted by atomic mass is 16.5. The summed E-state index contributed by atoms with van der Waals surface area (Å²) in [7, 11) is 1.60. The summed E-state index contributed by atoms with van der Waals surface area (Å²) in [6.07, 6.45) is 5.01. The number of rotatable bonds is 3. The summed E-state index contributed by atoms with van der Waals surface area (Å²) in [5.41, 5.74) is 1.72. The van der Waals surface area contributed by atoms with Gasteiger partial charge in [0.25, 0.3) is 0 Å². The van der Waals surface area contributed by atoms with Crippen molar-refractivity contribution in [1.82, 2.24) is 0 Å². The van der Waals surface area contributed by atoms with E-state index in [-0.39, 0.29) is 18.2 Å². The molecule has 1 aliphatic carbocycles. The first-order chi connectivity index (χ1) is 10.4. The number of aliphatic hydroxyl groups excluding tert-OH is 1. The topological polar surface area (TPSA) is 55.8 Å². The molecule has 0 saturated carbocycles. The van der Waals surface area contributed by atoms with Crippen molar-refractivity contribution in [2.75, 3.05) is 7.11 Å². The lowest BCUT2D eigenvalue weighted by Gasteiger charge is -2.22. The Labute approximate surface area is 132 Å². The van der Waals surface area contributed by atoms with Crippen LogP contribution < -0.4 is 4.74 Å². The molecule has 4 heteroatoms. The van der Waals surface area contributed by atoms with Crippen LogP contribution in [-0.2, 0) is 4.74 Å². The van der Waals surface area contributed by atoms with Crippen molar-refractivity contribution in [3.63, 3.8) is 0 Å². The quantitative estimate of drug-likeness (QED) is 0.683. The van der Waals surface area contributed by atoms with Crippen LogP contribution in [0.15, 0.2) is 35.9 Å². The van der Waals surface area contributed by atoms with E-state index in [1.807, 2.05) is 6.92 Å². The van der Waals surface area contributed by atoms with Gasteiger partial charge in [-0.3, -0.25) is 0 Å². The highest BCUT2D eigenvalue weighted by Crippen LogP contribution is 2.22. The Hall–Kier alpha value is -1.81. The fourth-order valence-corrected chi connectivity index (χ4v) is 2.07. The van der Waals surface area contributed by atoms with Crippen molar-refractivity contribution in [3.8, 4) is 5.75 Å². The predicted molar refractivity (Wildman–Crippen MR) is 87.2 cm³/mol. The molecule has 4 nitrogen and oxygen atoms in total. The number of allylic oxidation sites excluding steroid dienone is 1. The zero-order valence-corrected chi connectivity index (χ0v) is 13.8. The van der Waals surface area contributed by atoms with Crippen LogP contribution in [0.2, 0.25) is 0 Å². The molecule has 0 aliphatic heterocycles. The minimum absolute atomic E-state index is 0.0617. The lowest BCUT2D eigenvalue weighted by atomic mass is 9.98. The minimum Gasteiger partial charge on any atom is -0.497 e. The fourth-order valence-electron chi connectivity index (χ4n) is 2.07. The van der Waals surface area contributed by atoms with E-state index in [1.165, 1.54) is 0 Å². The molecule has 1 aliphatic rings. The molecule has 22 heavy (non-hydrogen) atoms. The van der Waals surface area contributed by atoms with Crippen LogP contribution in [0.1, 0.15) is 50.4 Å². The van der Waals surface area contributed by atoms with Gasteiger partial charge < -0.3 is 14.6 Å². The summed E-state index contributed by atoms with van der Waals surface area (Å²) in [6.45, 7) is 5.46. The Bertz CT molecular complexity index is 486. The first kappa shape index (κ1) is 18.2. The molecule has 1 aromatic carbocycles. The number of hydrogen-bond acceptors (Lipinski definition) is 4. The number of methoxy groups -OCH3 is 1. The lowest BCUT2D eigenvalue weighted by Crippen LogP contribution is -2.21. The van der Waals surface area contributed by atoms with E-state index in [0.29, 0.717) is 5.56 Å². The van der Waals surface area contributed by atoms with Crippen LogP contribution in [0.3, 0.4) is 0 Å². The molecule has 0 saturated heterocycles. The minimum atomic E-state index is -0.266. The SMILES string of the molecule is CC(C)O.COc1ccc(C(=O)OC2CCCC=C2C)cc1. The molecule has 1 N–H and O–H groups in total. The number of benzene rings is 1. The van der Waals surface area contributed by atoms with Crippen LogP contribution in [0.25, 0.3) is 0 Å². The van der Waals surface area contributed by atoms with E-state index in [2.05, 4.69) is 6.08 Å². The van der Waals surface area contributed by atoms with Crippen molar-refractivity contribution in [2.24, 2.45) is 0 Å². The van der Waals surface area contributed by atoms with E-state index >= 15 is 0 Å². The van der Waals surface area contributed by atoms with Crippen LogP contribution in [0.4, 0.5) is 0 Å². The number of hydrogen-bond donors (Lipinski definition) is 1. The Kier molecular flexibility index (Phi) is 7.67. The average molecular weight is 306 g/mol. The Morgan fingerprint density at radius 2 is 1.86 bits per heavy atom. The number of esters is 1. The second kappa shape index (κ2) is 9.26. The third kappa shape index (κ3) is 6.31. The molecule has 122 valence electrons. The normalized spacial score (nSPS) is 17.2. The number of ether oxygens (including phenoxy) is 2. The molecule has 1 unspecified atom stereocenters. The van der Waals surface area contributed by atoms with Gasteiger partial charge in [-0.2, -0.15) is 0 Å². The summed E-state index contributed by atoms with van der Waals surface area (Å²) in [5.74, 6) is 0.470. The van der Waals surface area contributed by atoms with Gasteiger partial charge in [0.15, 0.2) is 0 Å². The van der Waals surface area contributed by atoms with Crippen LogP contribution in [0.5, 0.6) is 5.75 Å². The number of carbonyl (C=O) groups excluding carboxylic acids is 1. The Balaban J connectivity index is 0.000000541. The third-order valence-electron chi connectivity index (χ3n) is 3.22. The standard InChI is InChI=1S/C15H18O3.C3H8O/c1-11-5-3-4-6-14(11)18-15(16)12-7-9-13(17-2)10-8-12;1-3(2)4/h5,7-10,14H,3-4,6H2,1-2H3;3-4H,1-2H3. The van der Waals surface area contributed by atoms with Gasteiger partial charge in [-0.1, -0.05) is 6.08 Å². The Morgan fingerprint density at radius 3 is 2.36 bits per heavy atom. The molecular weight excluding hydrogens is 280 g/mol. The van der Waals surface area contributed by atoms with Gasteiger partial charge >= 0.3 is 5.97 Å². The summed E-state index contributed by atoms with van der Waals surface area (Å²) in [4.78, 5) is 12.0. The molecule has 0 fully saturated rings. The molecule has 0 radical (unpaired) electrons. The van der Waals surface area contributed by atoms with Gasteiger partial charge in [-0.05, 0) is 69.9 Å². The molecule has 2 rings (SSSR count). The van der Waals surface area contributed by atoms with Crippen molar-refractivity contribution in [1.29, 1.82) is 0 Å². The summed E-state index contributed by atoms with van der Waals surface area (Å²) in [5, 5.41) is 8.06. The van der Waals surface area contributed by atoms with Crippen molar-refractivity contribution in [2.45, 2.75) is 52.2 Å². The van der Waals surface area contributed by atoms with Gasteiger partial charge in [0.2, 0.25) is 0 Å². The maximum absolute atomic E-state index is 12.0. The second-order valence-corrected chi connectivity index (χ2v) is 5.60. The van der Waals surface area contributed by atoms with Crippen molar-refractivity contribution in [3.05, 3.63) is 41.5 Å². The molecule has 1 atom stereocenters. The third-order valence-corrected chi connectivity index (χ3v) is 3.22. The summed E-state index contributed by atoms with van der Waals surface area (Å²) < 4.78 is 10.6. The molecule has 1 aromatic rings. The van der Waals surface area contributed by atoms with Crippen LogP contribution >= 0.6 is 0 Å². The van der Waals surface area contributed by atoms with E-state index in [4.69, 9.17) is 14.6 Å². The van der Waals surface area contributed by atoms with E-state index < -0.39 is 0 Å². The van der Waals surface area contributed by atoms with Crippen molar-refractivity contribution >= 4 is 5.97 Å². The maximum atomic E-state index is 12.0. The highest BCUT2D eigenvalue weighted by molar-refractivity contribution is 5.89. The van der Waals surface area contributed by atoms with Gasteiger partial charge in [-0.15, -0.1) is 0 Å². The van der Waals surface area contributed by atoms with Gasteiger partial charge in [0, 0.05) is 6.10 Å². The first-order valence-corrected chi connectivity index (χ1v) is 7.63. The summed E-state index contributed by atoms with van der Waals surface area (Å²) in [6, 6.07) is 6.98. The van der Waals surface area contributed by atoms with Crippen LogP contribution in [-0.4, -0.2) is 30.4 Å². The largest absolute Gasteiger partial charge is 0.497 e. The van der Waals surface area contributed by atoms with Crippen molar-refractivity contribution < 1.29 is 19.4 Å². The molecular formula is C18H26O4. The zero-order chi connectivity index (χ0) is 16.5. The van der Waals surface area contributed by atoms with E-state index in [9.17, 15) is 4.79 Å². The second-order valence-electron chi connectivity index (χ2n) is 5.60. The molecule has 0 aromatic heterocycles. The van der Waals surface area contributed by atoms with Gasteiger partial charge in [-0.25, -0.2) is 4.79 Å². The predicted octanol–water partition coefficient (Wildman–Crippen LogP) is 3.74. The first-order valence-electron chi connectivity index (χ1n) is 7.63. The molecule has 0 spiro atoms. The maximum Gasteiger partial charge on any atom is 0.338 e. The molecule has 0 amide bonds. The summed E-state index contributed by atoms with van der Waals surface area (Å²) >= 11 is 0. The molecule has 0 heterocycles. The highest BCUT2D eigenvalue weighted by Gasteiger charge is 2.19. The van der Waals surface area contributed by atoms with Crippen LogP contribution in [0, 0.1) is 0 Å². The van der Waals surface area contributed by atoms with E-state index in [0.717, 1.165) is 30.6 Å². The van der Waals surface area contributed by atoms with E-state index in [1.54, 1.807) is 45.2 Å². The zero-order valence-electron chi connectivity index (χ0n) is 13.8.